The van der Waals surface area contributed by atoms with Crippen LogP contribution >= 0.6 is 11.6 Å². The lowest BCUT2D eigenvalue weighted by Crippen LogP contribution is -2.34. The molecule has 30 heavy (non-hydrogen) atoms. The van der Waals surface area contributed by atoms with Crippen molar-refractivity contribution in [3.05, 3.63) is 52.3 Å². The van der Waals surface area contributed by atoms with Crippen molar-refractivity contribution in [1.82, 2.24) is 14.5 Å². The van der Waals surface area contributed by atoms with Gasteiger partial charge in [0.05, 0.1) is 11.4 Å². The van der Waals surface area contributed by atoms with Crippen molar-refractivity contribution >= 4 is 22.6 Å². The second-order valence-electron chi connectivity index (χ2n) is 8.23. The predicted octanol–water partition coefficient (Wildman–Crippen LogP) is 3.53. The summed E-state index contributed by atoms with van der Waals surface area (Å²) in [6, 6.07) is 3.18. The number of aliphatic hydroxyl groups excluding tert-OH is 2. The average molecular weight is 432 g/mol. The topological polar surface area (TPSA) is 80.4 Å². The van der Waals surface area contributed by atoms with Crippen molar-refractivity contribution < 1.29 is 19.3 Å². The van der Waals surface area contributed by atoms with E-state index in [4.69, 9.17) is 16.3 Å². The van der Waals surface area contributed by atoms with E-state index in [9.17, 15) is 14.6 Å². The fourth-order valence-electron chi connectivity index (χ4n) is 4.75. The summed E-state index contributed by atoms with van der Waals surface area (Å²) in [6.45, 7) is 1.73. The van der Waals surface area contributed by atoms with Crippen LogP contribution < -0.4 is 4.74 Å². The molecule has 0 unspecified atom stereocenters. The van der Waals surface area contributed by atoms with Crippen LogP contribution in [0.3, 0.4) is 0 Å². The summed E-state index contributed by atoms with van der Waals surface area (Å²) in [5, 5.41) is 22.3. The first-order valence-corrected chi connectivity index (χ1v) is 10.6. The fourth-order valence-corrected chi connectivity index (χ4v) is 4.98. The van der Waals surface area contributed by atoms with Crippen LogP contribution in [-0.4, -0.2) is 43.1 Å². The molecule has 0 aliphatic heterocycles. The maximum atomic E-state index is 14.4. The van der Waals surface area contributed by atoms with E-state index in [-0.39, 0.29) is 5.39 Å². The van der Waals surface area contributed by atoms with Crippen LogP contribution in [0, 0.1) is 12.7 Å². The van der Waals surface area contributed by atoms with Gasteiger partial charge in [-0.1, -0.05) is 11.6 Å². The summed E-state index contributed by atoms with van der Waals surface area (Å²) in [5.74, 6) is 0.712. The lowest BCUT2D eigenvalue weighted by atomic mass is 9.91. The number of benzene rings is 1. The number of hydrogen-bond acceptors (Lipinski definition) is 5. The molecule has 2 aliphatic rings. The Morgan fingerprint density at radius 2 is 2.00 bits per heavy atom. The summed E-state index contributed by atoms with van der Waals surface area (Å²) in [6.07, 6.45) is 4.25. The zero-order valence-electron chi connectivity index (χ0n) is 16.6. The third kappa shape index (κ3) is 3.25. The van der Waals surface area contributed by atoms with Crippen molar-refractivity contribution in [3.63, 3.8) is 0 Å². The van der Waals surface area contributed by atoms with Crippen molar-refractivity contribution in [2.75, 3.05) is 0 Å². The van der Waals surface area contributed by atoms with Gasteiger partial charge in [0, 0.05) is 23.8 Å². The van der Waals surface area contributed by atoms with Gasteiger partial charge in [-0.2, -0.15) is 0 Å². The standard InChI is InChI=1S/C22H23ClFN3O3/c1-11-25-9-15-16(24)10-27(22(15)26-11)17-8-19(21(29)20(17)28)30-18-7-13(23)6-12-4-2-3-5-14(12)18/h6-7,9-10,17,19-21,28-29H,2-5,8H2,1H3/t17-,19+,20+,21-/m1/s1. The smallest absolute Gasteiger partial charge is 0.151 e. The largest absolute Gasteiger partial charge is 0.487 e. The van der Waals surface area contributed by atoms with Gasteiger partial charge in [0.15, 0.2) is 5.82 Å². The van der Waals surface area contributed by atoms with E-state index in [1.54, 1.807) is 17.6 Å². The van der Waals surface area contributed by atoms with Gasteiger partial charge in [0.1, 0.15) is 35.5 Å². The summed E-state index contributed by atoms with van der Waals surface area (Å²) in [7, 11) is 0. The van der Waals surface area contributed by atoms with Crippen LogP contribution in [0.5, 0.6) is 5.75 Å². The zero-order chi connectivity index (χ0) is 21.0. The Balaban J connectivity index is 1.47. The first kappa shape index (κ1) is 19.7. The van der Waals surface area contributed by atoms with E-state index in [1.165, 1.54) is 18.0 Å². The Hall–Kier alpha value is -2.22. The van der Waals surface area contributed by atoms with Crippen LogP contribution in [0.15, 0.2) is 24.5 Å². The number of aromatic nitrogens is 3. The third-order valence-corrected chi connectivity index (χ3v) is 6.49. The van der Waals surface area contributed by atoms with E-state index < -0.39 is 30.2 Å². The number of rotatable bonds is 3. The van der Waals surface area contributed by atoms with Crippen molar-refractivity contribution in [2.24, 2.45) is 0 Å². The number of halogens is 2. The Kier molecular flexibility index (Phi) is 4.92. The van der Waals surface area contributed by atoms with Crippen molar-refractivity contribution in [2.45, 2.75) is 63.4 Å². The molecule has 3 aromatic rings. The molecule has 8 heteroatoms. The summed E-state index contributed by atoms with van der Waals surface area (Å²) < 4.78 is 22.2. The highest BCUT2D eigenvalue weighted by Crippen LogP contribution is 2.39. The minimum absolute atomic E-state index is 0.288. The molecule has 0 amide bonds. The van der Waals surface area contributed by atoms with Gasteiger partial charge in [0.2, 0.25) is 0 Å². The maximum absolute atomic E-state index is 14.4. The van der Waals surface area contributed by atoms with Gasteiger partial charge >= 0.3 is 0 Å². The molecule has 2 aliphatic carbocycles. The minimum atomic E-state index is -1.12. The summed E-state index contributed by atoms with van der Waals surface area (Å²) >= 11 is 6.29. The van der Waals surface area contributed by atoms with Crippen molar-refractivity contribution in [1.29, 1.82) is 0 Å². The second kappa shape index (κ2) is 7.48. The lowest BCUT2D eigenvalue weighted by molar-refractivity contribution is -0.0166. The van der Waals surface area contributed by atoms with E-state index in [0.717, 1.165) is 31.2 Å². The van der Waals surface area contributed by atoms with Crippen LogP contribution in [0.2, 0.25) is 5.02 Å². The monoisotopic (exact) mass is 431 g/mol. The number of ether oxygens (including phenoxy) is 1. The summed E-state index contributed by atoms with van der Waals surface area (Å²) in [5.41, 5.74) is 2.70. The van der Waals surface area contributed by atoms with Gasteiger partial charge < -0.3 is 19.5 Å². The Morgan fingerprint density at radius 1 is 1.20 bits per heavy atom. The molecule has 1 aromatic carbocycles. The molecule has 0 spiro atoms. The quantitative estimate of drug-likeness (QED) is 0.663. The molecule has 6 nitrogen and oxygen atoms in total. The van der Waals surface area contributed by atoms with Gasteiger partial charge in [-0.05, 0) is 55.9 Å². The first-order valence-electron chi connectivity index (χ1n) is 10.3. The van der Waals surface area contributed by atoms with Gasteiger partial charge in [-0.25, -0.2) is 14.4 Å². The highest BCUT2D eigenvalue weighted by atomic mass is 35.5. The Labute approximate surface area is 178 Å². The lowest BCUT2D eigenvalue weighted by Gasteiger charge is -2.24. The van der Waals surface area contributed by atoms with E-state index in [1.807, 2.05) is 6.07 Å². The third-order valence-electron chi connectivity index (χ3n) is 6.27. The predicted molar refractivity (Wildman–Crippen MR) is 110 cm³/mol. The molecule has 4 atom stereocenters. The molecular formula is C22H23ClFN3O3. The van der Waals surface area contributed by atoms with Crippen LogP contribution in [-0.2, 0) is 12.8 Å². The van der Waals surface area contributed by atoms with Gasteiger partial charge in [0.25, 0.3) is 0 Å². The van der Waals surface area contributed by atoms with Crippen LogP contribution in [0.1, 0.15) is 42.3 Å². The Bertz CT molecular complexity index is 1120. The highest BCUT2D eigenvalue weighted by Gasteiger charge is 2.45. The highest BCUT2D eigenvalue weighted by molar-refractivity contribution is 6.30. The minimum Gasteiger partial charge on any atom is -0.487 e. The molecule has 5 rings (SSSR count). The van der Waals surface area contributed by atoms with Crippen LogP contribution in [0.25, 0.3) is 11.0 Å². The molecule has 1 saturated carbocycles. The Morgan fingerprint density at radius 3 is 2.83 bits per heavy atom. The fraction of sp³-hybridized carbons (Fsp3) is 0.455. The van der Waals surface area contributed by atoms with E-state index in [0.29, 0.717) is 28.7 Å². The second-order valence-corrected chi connectivity index (χ2v) is 8.66. The van der Waals surface area contributed by atoms with Crippen LogP contribution in [0.4, 0.5) is 4.39 Å². The zero-order valence-corrected chi connectivity index (χ0v) is 17.3. The molecule has 2 heterocycles. The molecule has 0 saturated heterocycles. The number of nitrogens with zero attached hydrogens (tertiary/aromatic N) is 3. The number of hydrogen-bond donors (Lipinski definition) is 2. The summed E-state index contributed by atoms with van der Waals surface area (Å²) in [4.78, 5) is 8.39. The molecule has 1 fully saturated rings. The first-order chi connectivity index (χ1) is 14.4. The normalized spacial score (nSPS) is 26.2. The molecular weight excluding hydrogens is 409 g/mol. The number of aliphatic hydroxyl groups is 2. The van der Waals surface area contributed by atoms with E-state index in [2.05, 4.69) is 9.97 Å². The maximum Gasteiger partial charge on any atom is 0.151 e. The molecule has 2 N–H and O–H groups in total. The van der Waals surface area contributed by atoms with Gasteiger partial charge in [-0.15, -0.1) is 0 Å². The van der Waals surface area contributed by atoms with Gasteiger partial charge in [-0.3, -0.25) is 0 Å². The number of aryl methyl sites for hydroxylation is 2. The number of fused-ring (bicyclic) bond motifs is 2. The SMILES string of the molecule is Cc1ncc2c(F)cn([C@@H]3C[C@H](Oc4cc(Cl)cc5c4CCCC5)[C@@H](O)[C@H]3O)c2n1. The average Bonchev–Trinajstić information content (AvgIpc) is 3.18. The van der Waals surface area contributed by atoms with Crippen molar-refractivity contribution in [3.8, 4) is 5.75 Å². The molecule has 0 bridgehead atoms. The van der Waals surface area contributed by atoms with E-state index >= 15 is 0 Å². The molecule has 0 radical (unpaired) electrons. The molecule has 2 aromatic heterocycles. The molecule has 158 valence electrons.